The summed E-state index contributed by atoms with van der Waals surface area (Å²) in [6.07, 6.45) is 2.58. The molecule has 19 heavy (non-hydrogen) atoms. The zero-order valence-corrected chi connectivity index (χ0v) is 10.6. The van der Waals surface area contributed by atoms with Crippen LogP contribution in [0.4, 0.5) is 0 Å². The van der Waals surface area contributed by atoms with Crippen LogP contribution < -0.4 is 0 Å². The van der Waals surface area contributed by atoms with E-state index in [2.05, 4.69) is 0 Å². The molecule has 1 fully saturated rings. The van der Waals surface area contributed by atoms with E-state index in [0.29, 0.717) is 13.0 Å². The summed E-state index contributed by atoms with van der Waals surface area (Å²) in [5, 5.41) is 18.1. The number of nitrogens with zero attached hydrogens (tertiary/aromatic N) is 1. The largest absolute Gasteiger partial charge is 0.480 e. The Bertz CT molecular complexity index is 486. The summed E-state index contributed by atoms with van der Waals surface area (Å²) < 4.78 is 0. The van der Waals surface area contributed by atoms with Gasteiger partial charge in [0.15, 0.2) is 0 Å². The van der Waals surface area contributed by atoms with Crippen molar-refractivity contribution in [3.8, 4) is 0 Å². The summed E-state index contributed by atoms with van der Waals surface area (Å²) in [5.41, 5.74) is 1.08. The molecule has 1 atom stereocenters. The maximum absolute atomic E-state index is 11.2. The molecule has 0 bridgehead atoms. The maximum Gasteiger partial charge on any atom is 0.335 e. The van der Waals surface area contributed by atoms with Gasteiger partial charge < -0.3 is 10.2 Å². The van der Waals surface area contributed by atoms with Crippen molar-refractivity contribution < 1.29 is 19.8 Å². The van der Waals surface area contributed by atoms with Gasteiger partial charge in [0.25, 0.3) is 0 Å². The zero-order valence-electron chi connectivity index (χ0n) is 10.6. The molecule has 0 aliphatic carbocycles. The molecule has 0 aromatic heterocycles. The average Bonchev–Trinajstić information content (AvgIpc) is 2.39. The molecule has 1 heterocycles. The van der Waals surface area contributed by atoms with Crippen LogP contribution in [0.2, 0.25) is 0 Å². The topological polar surface area (TPSA) is 77.8 Å². The van der Waals surface area contributed by atoms with Crippen LogP contribution in [0.3, 0.4) is 0 Å². The Labute approximate surface area is 111 Å². The number of likely N-dealkylation sites (tertiary alicyclic amines) is 1. The van der Waals surface area contributed by atoms with Crippen molar-refractivity contribution in [2.45, 2.75) is 31.8 Å². The third-order valence-electron chi connectivity index (χ3n) is 3.46. The van der Waals surface area contributed by atoms with E-state index in [0.717, 1.165) is 24.9 Å². The first kappa shape index (κ1) is 13.5. The van der Waals surface area contributed by atoms with E-state index in [-0.39, 0.29) is 5.56 Å². The van der Waals surface area contributed by atoms with Crippen LogP contribution in [0.15, 0.2) is 24.3 Å². The van der Waals surface area contributed by atoms with Crippen LogP contribution in [0.1, 0.15) is 35.2 Å². The lowest BCUT2D eigenvalue weighted by Crippen LogP contribution is -2.44. The molecule has 1 aliphatic heterocycles. The Morgan fingerprint density at radius 2 is 2.05 bits per heavy atom. The number of benzene rings is 1. The minimum atomic E-state index is -0.963. The number of carboxylic acid groups (broad SMARTS) is 2. The van der Waals surface area contributed by atoms with Gasteiger partial charge in [-0.05, 0) is 37.1 Å². The second kappa shape index (κ2) is 5.84. The van der Waals surface area contributed by atoms with Gasteiger partial charge in [-0.15, -0.1) is 0 Å². The molecule has 0 spiro atoms. The number of piperidine rings is 1. The van der Waals surface area contributed by atoms with E-state index in [1.807, 2.05) is 11.0 Å². The minimum Gasteiger partial charge on any atom is -0.480 e. The van der Waals surface area contributed by atoms with Gasteiger partial charge in [-0.3, -0.25) is 9.69 Å². The van der Waals surface area contributed by atoms with Gasteiger partial charge >= 0.3 is 11.9 Å². The monoisotopic (exact) mass is 263 g/mol. The lowest BCUT2D eigenvalue weighted by Gasteiger charge is -2.32. The minimum absolute atomic E-state index is 0.237. The molecule has 2 rings (SSSR count). The van der Waals surface area contributed by atoms with E-state index in [4.69, 9.17) is 5.11 Å². The normalized spacial score (nSPS) is 20.1. The summed E-state index contributed by atoms with van der Waals surface area (Å²) >= 11 is 0. The molecule has 1 unspecified atom stereocenters. The zero-order chi connectivity index (χ0) is 13.8. The highest BCUT2D eigenvalue weighted by atomic mass is 16.4. The number of aliphatic carboxylic acids is 1. The molecule has 1 aromatic carbocycles. The van der Waals surface area contributed by atoms with Crippen LogP contribution in [0.25, 0.3) is 0 Å². The van der Waals surface area contributed by atoms with Gasteiger partial charge in [-0.1, -0.05) is 18.6 Å². The van der Waals surface area contributed by atoms with Crippen LogP contribution >= 0.6 is 0 Å². The number of carbonyl (C=O) groups is 2. The van der Waals surface area contributed by atoms with Crippen LogP contribution in [0, 0.1) is 0 Å². The molecule has 5 heteroatoms. The Morgan fingerprint density at radius 1 is 1.26 bits per heavy atom. The van der Waals surface area contributed by atoms with E-state index in [1.165, 1.54) is 6.07 Å². The molecule has 1 saturated heterocycles. The Hall–Kier alpha value is -1.88. The number of rotatable bonds is 4. The molecular formula is C14H17NO4. The van der Waals surface area contributed by atoms with Crippen molar-refractivity contribution in [2.75, 3.05) is 6.54 Å². The fourth-order valence-electron chi connectivity index (χ4n) is 2.50. The van der Waals surface area contributed by atoms with Crippen molar-refractivity contribution in [1.29, 1.82) is 0 Å². The number of carboxylic acids is 2. The molecule has 0 radical (unpaired) electrons. The predicted octanol–water partition coefficient (Wildman–Crippen LogP) is 1.82. The quantitative estimate of drug-likeness (QED) is 0.866. The molecule has 0 saturated carbocycles. The third-order valence-corrected chi connectivity index (χ3v) is 3.46. The predicted molar refractivity (Wildman–Crippen MR) is 69.1 cm³/mol. The summed E-state index contributed by atoms with van der Waals surface area (Å²) in [4.78, 5) is 24.0. The van der Waals surface area contributed by atoms with Crippen LogP contribution in [0.5, 0.6) is 0 Å². The fraction of sp³-hybridized carbons (Fsp3) is 0.429. The van der Waals surface area contributed by atoms with Gasteiger partial charge in [0.2, 0.25) is 0 Å². The first-order valence-corrected chi connectivity index (χ1v) is 6.37. The Balaban J connectivity index is 2.12. The van der Waals surface area contributed by atoms with E-state index in [1.54, 1.807) is 12.1 Å². The molecular weight excluding hydrogens is 246 g/mol. The van der Waals surface area contributed by atoms with Gasteiger partial charge in [-0.25, -0.2) is 4.79 Å². The summed E-state index contributed by atoms with van der Waals surface area (Å²) in [6.45, 7) is 1.23. The highest BCUT2D eigenvalue weighted by Crippen LogP contribution is 2.20. The lowest BCUT2D eigenvalue weighted by atomic mass is 10.0. The van der Waals surface area contributed by atoms with Crippen molar-refractivity contribution in [3.05, 3.63) is 35.4 Å². The second-order valence-corrected chi connectivity index (χ2v) is 4.83. The van der Waals surface area contributed by atoms with Gasteiger partial charge in [0.1, 0.15) is 6.04 Å². The molecule has 2 N–H and O–H groups in total. The van der Waals surface area contributed by atoms with Crippen LogP contribution in [-0.4, -0.2) is 39.6 Å². The van der Waals surface area contributed by atoms with Crippen LogP contribution in [-0.2, 0) is 11.3 Å². The summed E-state index contributed by atoms with van der Waals surface area (Å²) in [6, 6.07) is 6.22. The van der Waals surface area contributed by atoms with Gasteiger partial charge in [0, 0.05) is 6.54 Å². The average molecular weight is 263 g/mol. The van der Waals surface area contributed by atoms with Crippen molar-refractivity contribution in [2.24, 2.45) is 0 Å². The molecule has 0 amide bonds. The van der Waals surface area contributed by atoms with E-state index < -0.39 is 18.0 Å². The fourth-order valence-corrected chi connectivity index (χ4v) is 2.50. The van der Waals surface area contributed by atoms with Gasteiger partial charge in [0.05, 0.1) is 5.56 Å². The van der Waals surface area contributed by atoms with E-state index in [9.17, 15) is 14.7 Å². The summed E-state index contributed by atoms with van der Waals surface area (Å²) in [5.74, 6) is -1.76. The number of hydrogen-bond acceptors (Lipinski definition) is 3. The highest BCUT2D eigenvalue weighted by Gasteiger charge is 2.28. The lowest BCUT2D eigenvalue weighted by molar-refractivity contribution is -0.144. The standard InChI is InChI=1S/C14H17NO4/c16-13(17)11-5-3-4-10(8-11)9-15-7-2-1-6-12(15)14(18)19/h3-5,8,12H,1-2,6-7,9H2,(H,16,17)(H,18,19). The molecule has 102 valence electrons. The first-order valence-electron chi connectivity index (χ1n) is 6.37. The smallest absolute Gasteiger partial charge is 0.335 e. The molecule has 1 aliphatic rings. The first-order chi connectivity index (χ1) is 9.08. The van der Waals surface area contributed by atoms with Crippen molar-refractivity contribution in [1.82, 2.24) is 4.90 Å². The molecule has 1 aromatic rings. The SMILES string of the molecule is O=C(O)c1cccc(CN2CCCCC2C(=O)O)c1. The maximum atomic E-state index is 11.2. The Morgan fingerprint density at radius 3 is 2.74 bits per heavy atom. The number of aromatic carboxylic acids is 1. The number of hydrogen-bond donors (Lipinski definition) is 2. The molecule has 5 nitrogen and oxygen atoms in total. The van der Waals surface area contributed by atoms with Crippen molar-refractivity contribution >= 4 is 11.9 Å². The third kappa shape index (κ3) is 3.32. The second-order valence-electron chi connectivity index (χ2n) is 4.83. The Kier molecular flexibility index (Phi) is 4.16. The highest BCUT2D eigenvalue weighted by molar-refractivity contribution is 5.87. The van der Waals surface area contributed by atoms with Gasteiger partial charge in [-0.2, -0.15) is 0 Å². The summed E-state index contributed by atoms with van der Waals surface area (Å²) in [7, 11) is 0. The van der Waals surface area contributed by atoms with Crippen molar-refractivity contribution in [3.63, 3.8) is 0 Å². The van der Waals surface area contributed by atoms with E-state index >= 15 is 0 Å².